The first-order valence-electron chi connectivity index (χ1n) is 5.50. The van der Waals surface area contributed by atoms with E-state index in [9.17, 15) is 4.39 Å². The van der Waals surface area contributed by atoms with Crippen molar-refractivity contribution in [3.8, 4) is 0 Å². The maximum absolute atomic E-state index is 13.5. The number of benzene rings is 1. The van der Waals surface area contributed by atoms with Crippen LogP contribution in [0.5, 0.6) is 0 Å². The molecule has 0 aromatic heterocycles. The number of nitrogens with one attached hydrogen (secondary N) is 1. The van der Waals surface area contributed by atoms with E-state index in [4.69, 9.17) is 4.74 Å². The van der Waals surface area contributed by atoms with E-state index in [0.717, 1.165) is 17.3 Å². The van der Waals surface area contributed by atoms with Crippen LogP contribution in [0.1, 0.15) is 19.8 Å². The van der Waals surface area contributed by atoms with E-state index >= 15 is 0 Å². The van der Waals surface area contributed by atoms with E-state index in [1.807, 2.05) is 6.07 Å². The first-order chi connectivity index (χ1) is 7.66. The fourth-order valence-electron chi connectivity index (χ4n) is 1.92. The summed E-state index contributed by atoms with van der Waals surface area (Å²) in [5, 5.41) is 3.10. The van der Waals surface area contributed by atoms with Gasteiger partial charge in [-0.1, -0.05) is 6.07 Å². The highest BCUT2D eigenvalue weighted by Gasteiger charge is 2.21. The summed E-state index contributed by atoms with van der Waals surface area (Å²) < 4.78 is 19.9. The zero-order chi connectivity index (χ0) is 11.5. The van der Waals surface area contributed by atoms with Gasteiger partial charge in [0, 0.05) is 11.0 Å². The molecule has 88 valence electrons. The zero-order valence-electron chi connectivity index (χ0n) is 9.17. The molecule has 1 saturated heterocycles. The van der Waals surface area contributed by atoms with Gasteiger partial charge in [-0.3, -0.25) is 0 Å². The maximum atomic E-state index is 13.5. The van der Waals surface area contributed by atoms with Gasteiger partial charge in [-0.05, 0) is 47.8 Å². The molecule has 0 amide bonds. The van der Waals surface area contributed by atoms with E-state index in [1.165, 1.54) is 6.07 Å². The number of ether oxygens (including phenoxy) is 1. The molecule has 0 spiro atoms. The van der Waals surface area contributed by atoms with Crippen LogP contribution in [-0.4, -0.2) is 18.8 Å². The second-order valence-corrected chi connectivity index (χ2v) is 4.98. The summed E-state index contributed by atoms with van der Waals surface area (Å²) in [5.74, 6) is -0.236. The molecule has 1 aliphatic rings. The second kappa shape index (κ2) is 5.15. The number of rotatable bonds is 3. The Kier molecular flexibility index (Phi) is 3.82. The molecular weight excluding hydrogens is 273 g/mol. The quantitative estimate of drug-likeness (QED) is 0.918. The van der Waals surface area contributed by atoms with Crippen LogP contribution >= 0.6 is 15.9 Å². The van der Waals surface area contributed by atoms with E-state index < -0.39 is 0 Å². The van der Waals surface area contributed by atoms with Crippen LogP contribution in [0.3, 0.4) is 0 Å². The van der Waals surface area contributed by atoms with Crippen molar-refractivity contribution in [3.05, 3.63) is 28.5 Å². The molecule has 16 heavy (non-hydrogen) atoms. The highest BCUT2D eigenvalue weighted by Crippen LogP contribution is 2.26. The summed E-state index contributed by atoms with van der Waals surface area (Å²) in [6.07, 6.45) is 2.66. The highest BCUT2D eigenvalue weighted by molar-refractivity contribution is 9.10. The van der Waals surface area contributed by atoms with E-state index in [2.05, 4.69) is 28.2 Å². The molecule has 1 fully saturated rings. The van der Waals surface area contributed by atoms with Crippen LogP contribution in [0.25, 0.3) is 0 Å². The van der Waals surface area contributed by atoms with Gasteiger partial charge in [0.15, 0.2) is 0 Å². The Bertz CT molecular complexity index is 352. The second-order valence-electron chi connectivity index (χ2n) is 4.12. The summed E-state index contributed by atoms with van der Waals surface area (Å²) in [7, 11) is 0. The molecule has 0 bridgehead atoms. The monoisotopic (exact) mass is 287 g/mol. The molecule has 0 radical (unpaired) electrons. The molecule has 1 aromatic carbocycles. The van der Waals surface area contributed by atoms with Crippen molar-refractivity contribution < 1.29 is 9.13 Å². The Labute approximate surface area is 103 Å². The van der Waals surface area contributed by atoms with Crippen LogP contribution in [0.4, 0.5) is 10.1 Å². The minimum absolute atomic E-state index is 0.196. The predicted molar refractivity (Wildman–Crippen MR) is 66.2 cm³/mol. The average Bonchev–Trinajstić information content (AvgIpc) is 2.63. The van der Waals surface area contributed by atoms with Crippen LogP contribution in [0.2, 0.25) is 0 Å². The largest absolute Gasteiger partial charge is 0.379 e. The highest BCUT2D eigenvalue weighted by atomic mass is 79.9. The van der Waals surface area contributed by atoms with Crippen molar-refractivity contribution in [1.82, 2.24) is 0 Å². The predicted octanol–water partition coefficient (Wildman–Crippen LogP) is 3.57. The Morgan fingerprint density at radius 3 is 2.94 bits per heavy atom. The molecule has 0 saturated carbocycles. The lowest BCUT2D eigenvalue weighted by Gasteiger charge is -2.14. The van der Waals surface area contributed by atoms with Gasteiger partial charge in [0.2, 0.25) is 0 Å². The van der Waals surface area contributed by atoms with Crippen LogP contribution < -0.4 is 5.32 Å². The lowest BCUT2D eigenvalue weighted by molar-refractivity contribution is 0.0636. The molecule has 2 unspecified atom stereocenters. The smallest absolute Gasteiger partial charge is 0.147 e. The lowest BCUT2D eigenvalue weighted by Crippen LogP contribution is -2.20. The summed E-state index contributed by atoms with van der Waals surface area (Å²) >= 11 is 3.33. The standard InChI is InChI=1S/C12H15BrFNO/c1-8-5-6-9(16-8)7-15-12-10(13)3-2-4-11(12)14/h2-4,8-9,15H,5-7H2,1H3. The number of anilines is 1. The van der Waals surface area contributed by atoms with Gasteiger partial charge in [0.1, 0.15) is 5.82 Å². The topological polar surface area (TPSA) is 21.3 Å². The third kappa shape index (κ3) is 2.74. The lowest BCUT2D eigenvalue weighted by atomic mass is 10.2. The molecule has 4 heteroatoms. The molecule has 1 heterocycles. The Balaban J connectivity index is 1.94. The van der Waals surface area contributed by atoms with E-state index in [0.29, 0.717) is 18.3 Å². The number of halogens is 2. The third-order valence-corrected chi connectivity index (χ3v) is 3.45. The SMILES string of the molecule is CC1CCC(CNc2c(F)cccc2Br)O1. The number of hydrogen-bond donors (Lipinski definition) is 1. The third-order valence-electron chi connectivity index (χ3n) is 2.79. The Hall–Kier alpha value is -0.610. The fourth-order valence-corrected chi connectivity index (χ4v) is 2.40. The van der Waals surface area contributed by atoms with Crippen molar-refractivity contribution >= 4 is 21.6 Å². The van der Waals surface area contributed by atoms with Gasteiger partial charge >= 0.3 is 0 Å². The number of para-hydroxylation sites is 1. The first kappa shape index (κ1) is 11.9. The molecule has 1 aliphatic heterocycles. The van der Waals surface area contributed by atoms with Crippen LogP contribution in [-0.2, 0) is 4.74 Å². The molecule has 1 N–H and O–H groups in total. The summed E-state index contributed by atoms with van der Waals surface area (Å²) in [6, 6.07) is 4.95. The van der Waals surface area contributed by atoms with E-state index in [1.54, 1.807) is 6.07 Å². The van der Waals surface area contributed by atoms with Crippen LogP contribution in [0, 0.1) is 5.82 Å². The Morgan fingerprint density at radius 1 is 1.50 bits per heavy atom. The Morgan fingerprint density at radius 2 is 2.31 bits per heavy atom. The summed E-state index contributed by atoms with van der Waals surface area (Å²) in [5.41, 5.74) is 0.519. The maximum Gasteiger partial charge on any atom is 0.147 e. The summed E-state index contributed by atoms with van der Waals surface area (Å²) in [4.78, 5) is 0. The van der Waals surface area contributed by atoms with Gasteiger partial charge in [0.05, 0.1) is 17.9 Å². The average molecular weight is 288 g/mol. The van der Waals surface area contributed by atoms with Gasteiger partial charge in [-0.25, -0.2) is 4.39 Å². The minimum Gasteiger partial charge on any atom is -0.379 e. The normalized spacial score (nSPS) is 24.7. The zero-order valence-corrected chi connectivity index (χ0v) is 10.8. The van der Waals surface area contributed by atoms with Gasteiger partial charge in [0.25, 0.3) is 0 Å². The molecule has 2 nitrogen and oxygen atoms in total. The first-order valence-corrected chi connectivity index (χ1v) is 6.29. The molecule has 0 aliphatic carbocycles. The molecule has 2 atom stereocenters. The van der Waals surface area contributed by atoms with Crippen molar-refractivity contribution in [3.63, 3.8) is 0 Å². The van der Waals surface area contributed by atoms with E-state index in [-0.39, 0.29) is 11.9 Å². The summed E-state index contributed by atoms with van der Waals surface area (Å²) in [6.45, 7) is 2.73. The molecule has 2 rings (SSSR count). The van der Waals surface area contributed by atoms with Crippen molar-refractivity contribution in [2.24, 2.45) is 0 Å². The van der Waals surface area contributed by atoms with Crippen LogP contribution in [0.15, 0.2) is 22.7 Å². The van der Waals surface area contributed by atoms with Crippen molar-refractivity contribution in [1.29, 1.82) is 0 Å². The molecular formula is C12H15BrFNO. The fraction of sp³-hybridized carbons (Fsp3) is 0.500. The molecule has 1 aromatic rings. The van der Waals surface area contributed by atoms with Gasteiger partial charge < -0.3 is 10.1 Å². The minimum atomic E-state index is -0.236. The van der Waals surface area contributed by atoms with Crippen molar-refractivity contribution in [2.45, 2.75) is 32.0 Å². The number of hydrogen-bond acceptors (Lipinski definition) is 2. The van der Waals surface area contributed by atoms with Gasteiger partial charge in [-0.2, -0.15) is 0 Å². The van der Waals surface area contributed by atoms with Crippen molar-refractivity contribution in [2.75, 3.05) is 11.9 Å². The van der Waals surface area contributed by atoms with Gasteiger partial charge in [-0.15, -0.1) is 0 Å².